The zero-order valence-electron chi connectivity index (χ0n) is 8.69. The fourth-order valence-corrected chi connectivity index (χ4v) is 1.18. The van der Waals surface area contributed by atoms with Crippen molar-refractivity contribution in [3.63, 3.8) is 0 Å². The third-order valence-corrected chi connectivity index (χ3v) is 2.47. The molecule has 4 N–H and O–H groups in total. The van der Waals surface area contributed by atoms with Crippen LogP contribution in [0.3, 0.4) is 0 Å². The Labute approximate surface area is 85.2 Å². The third kappa shape index (κ3) is 4.91. The molecule has 14 heavy (non-hydrogen) atoms. The average Bonchev–Trinajstić information content (AvgIpc) is 2.17. The standard InChI is InChI=1S/C10H21O4/c1-3-8(6-11)9(13)4-5-10(2,14)7-12/h8-9,11-14H,1,3-7H2,2H3. The van der Waals surface area contributed by atoms with Crippen molar-refractivity contribution in [3.05, 3.63) is 6.92 Å². The lowest BCUT2D eigenvalue weighted by molar-refractivity contribution is -0.0244. The van der Waals surface area contributed by atoms with Crippen LogP contribution in [0.4, 0.5) is 0 Å². The molecule has 0 aromatic carbocycles. The van der Waals surface area contributed by atoms with Gasteiger partial charge in [-0.2, -0.15) is 0 Å². The van der Waals surface area contributed by atoms with Crippen LogP contribution in [0, 0.1) is 12.8 Å². The van der Waals surface area contributed by atoms with Gasteiger partial charge in [-0.3, -0.25) is 0 Å². The first-order valence-electron chi connectivity index (χ1n) is 4.88. The van der Waals surface area contributed by atoms with Gasteiger partial charge in [-0.05, 0) is 26.2 Å². The molecule has 4 nitrogen and oxygen atoms in total. The SMILES string of the molecule is [CH2]CC(CO)C(O)CCC(C)(O)CO. The van der Waals surface area contributed by atoms with Gasteiger partial charge in [-0.15, -0.1) is 0 Å². The van der Waals surface area contributed by atoms with Crippen molar-refractivity contribution in [1.82, 2.24) is 0 Å². The van der Waals surface area contributed by atoms with E-state index in [1.165, 1.54) is 6.92 Å². The van der Waals surface area contributed by atoms with E-state index in [0.29, 0.717) is 19.3 Å². The summed E-state index contributed by atoms with van der Waals surface area (Å²) in [4.78, 5) is 0. The van der Waals surface area contributed by atoms with Crippen LogP contribution in [0.2, 0.25) is 0 Å². The summed E-state index contributed by atoms with van der Waals surface area (Å²) in [5, 5.41) is 36.7. The van der Waals surface area contributed by atoms with Crippen molar-refractivity contribution < 1.29 is 20.4 Å². The van der Waals surface area contributed by atoms with Crippen molar-refractivity contribution >= 4 is 0 Å². The second-order valence-electron chi connectivity index (χ2n) is 3.99. The molecule has 0 aliphatic heterocycles. The van der Waals surface area contributed by atoms with Gasteiger partial charge in [0.05, 0.1) is 18.3 Å². The highest BCUT2D eigenvalue weighted by molar-refractivity contribution is 4.76. The first kappa shape index (κ1) is 13.8. The van der Waals surface area contributed by atoms with E-state index in [9.17, 15) is 10.2 Å². The minimum absolute atomic E-state index is 0.105. The van der Waals surface area contributed by atoms with E-state index in [4.69, 9.17) is 10.2 Å². The fourth-order valence-electron chi connectivity index (χ4n) is 1.18. The van der Waals surface area contributed by atoms with Crippen LogP contribution in [-0.4, -0.2) is 45.3 Å². The van der Waals surface area contributed by atoms with E-state index in [1.54, 1.807) is 0 Å². The van der Waals surface area contributed by atoms with E-state index in [-0.39, 0.29) is 19.1 Å². The molecule has 0 bridgehead atoms. The minimum atomic E-state index is -1.15. The zero-order chi connectivity index (χ0) is 11.2. The molecule has 4 heteroatoms. The largest absolute Gasteiger partial charge is 0.396 e. The number of hydrogen-bond acceptors (Lipinski definition) is 4. The van der Waals surface area contributed by atoms with Crippen molar-refractivity contribution in [2.45, 2.75) is 37.9 Å². The molecule has 0 heterocycles. The Morgan fingerprint density at radius 1 is 1.36 bits per heavy atom. The Balaban J connectivity index is 3.88. The lowest BCUT2D eigenvalue weighted by atomic mass is 9.92. The van der Waals surface area contributed by atoms with Gasteiger partial charge in [0, 0.05) is 12.5 Å². The highest BCUT2D eigenvalue weighted by atomic mass is 16.3. The van der Waals surface area contributed by atoms with Crippen molar-refractivity contribution in [2.24, 2.45) is 5.92 Å². The number of rotatable bonds is 7. The number of aliphatic hydroxyl groups excluding tert-OH is 3. The van der Waals surface area contributed by atoms with Gasteiger partial charge < -0.3 is 20.4 Å². The number of aliphatic hydroxyl groups is 4. The summed E-state index contributed by atoms with van der Waals surface area (Å²) in [6.45, 7) is 4.69. The molecule has 0 aliphatic rings. The first-order valence-corrected chi connectivity index (χ1v) is 4.88. The van der Waals surface area contributed by atoms with Gasteiger partial charge in [-0.1, -0.05) is 6.92 Å². The van der Waals surface area contributed by atoms with E-state index in [0.717, 1.165) is 0 Å². The molecule has 3 unspecified atom stereocenters. The van der Waals surface area contributed by atoms with Gasteiger partial charge in [0.15, 0.2) is 0 Å². The second-order valence-corrected chi connectivity index (χ2v) is 3.99. The Morgan fingerprint density at radius 2 is 1.93 bits per heavy atom. The highest BCUT2D eigenvalue weighted by Crippen LogP contribution is 2.18. The van der Waals surface area contributed by atoms with E-state index in [2.05, 4.69) is 6.92 Å². The monoisotopic (exact) mass is 205 g/mol. The molecule has 0 fully saturated rings. The minimum Gasteiger partial charge on any atom is -0.396 e. The Morgan fingerprint density at radius 3 is 2.29 bits per heavy atom. The topological polar surface area (TPSA) is 80.9 Å². The van der Waals surface area contributed by atoms with Gasteiger partial charge in [0.1, 0.15) is 0 Å². The molecular formula is C10H21O4. The summed E-state index contributed by atoms with van der Waals surface area (Å²) in [5.74, 6) is -0.246. The molecule has 85 valence electrons. The number of hydrogen-bond donors (Lipinski definition) is 4. The molecule has 0 spiro atoms. The molecule has 1 radical (unpaired) electrons. The summed E-state index contributed by atoms with van der Waals surface area (Å²) in [6, 6.07) is 0. The molecular weight excluding hydrogens is 184 g/mol. The van der Waals surface area contributed by atoms with Crippen molar-refractivity contribution in [1.29, 1.82) is 0 Å². The Bertz CT molecular complexity index is 143. The van der Waals surface area contributed by atoms with Crippen LogP contribution in [0.1, 0.15) is 26.2 Å². The molecule has 0 saturated carbocycles. The van der Waals surface area contributed by atoms with Crippen LogP contribution in [0.25, 0.3) is 0 Å². The van der Waals surface area contributed by atoms with Crippen LogP contribution in [-0.2, 0) is 0 Å². The summed E-state index contributed by atoms with van der Waals surface area (Å²) in [6.07, 6.45) is 0.449. The highest BCUT2D eigenvalue weighted by Gasteiger charge is 2.23. The smallest absolute Gasteiger partial charge is 0.0850 e. The molecule has 0 aliphatic carbocycles. The lowest BCUT2D eigenvalue weighted by Crippen LogP contribution is -2.32. The van der Waals surface area contributed by atoms with Gasteiger partial charge in [0.2, 0.25) is 0 Å². The summed E-state index contributed by atoms with van der Waals surface area (Å²) in [7, 11) is 0. The van der Waals surface area contributed by atoms with E-state index >= 15 is 0 Å². The van der Waals surface area contributed by atoms with Crippen LogP contribution < -0.4 is 0 Å². The molecule has 0 rings (SSSR count). The van der Waals surface area contributed by atoms with Crippen LogP contribution in [0.5, 0.6) is 0 Å². The second kappa shape index (κ2) is 6.35. The molecule has 0 amide bonds. The van der Waals surface area contributed by atoms with Crippen LogP contribution >= 0.6 is 0 Å². The normalized spacial score (nSPS) is 20.1. The Hall–Kier alpha value is -0.160. The van der Waals surface area contributed by atoms with Crippen molar-refractivity contribution in [2.75, 3.05) is 13.2 Å². The van der Waals surface area contributed by atoms with Gasteiger partial charge >= 0.3 is 0 Å². The van der Waals surface area contributed by atoms with Crippen LogP contribution in [0.15, 0.2) is 0 Å². The van der Waals surface area contributed by atoms with Crippen molar-refractivity contribution in [3.8, 4) is 0 Å². The molecule has 0 aromatic rings. The third-order valence-electron chi connectivity index (χ3n) is 2.47. The predicted octanol–water partition coefficient (Wildman–Crippen LogP) is -0.297. The average molecular weight is 205 g/mol. The van der Waals surface area contributed by atoms with Gasteiger partial charge in [0.25, 0.3) is 0 Å². The quantitative estimate of drug-likeness (QED) is 0.460. The molecule has 0 aromatic heterocycles. The lowest BCUT2D eigenvalue weighted by Gasteiger charge is -2.24. The zero-order valence-corrected chi connectivity index (χ0v) is 8.69. The predicted molar refractivity (Wildman–Crippen MR) is 53.5 cm³/mol. The molecule has 0 saturated heterocycles. The van der Waals surface area contributed by atoms with E-state index < -0.39 is 11.7 Å². The van der Waals surface area contributed by atoms with Gasteiger partial charge in [-0.25, -0.2) is 0 Å². The maximum atomic E-state index is 9.58. The first-order chi connectivity index (χ1) is 6.46. The summed E-state index contributed by atoms with van der Waals surface area (Å²) < 4.78 is 0. The summed E-state index contributed by atoms with van der Waals surface area (Å²) in [5.41, 5.74) is -1.15. The maximum absolute atomic E-state index is 9.58. The Kier molecular flexibility index (Phi) is 6.27. The molecule has 3 atom stereocenters. The van der Waals surface area contributed by atoms with E-state index in [1.807, 2.05) is 0 Å². The summed E-state index contributed by atoms with van der Waals surface area (Å²) >= 11 is 0. The fraction of sp³-hybridized carbons (Fsp3) is 0.900. The maximum Gasteiger partial charge on any atom is 0.0850 e.